The summed E-state index contributed by atoms with van der Waals surface area (Å²) >= 11 is 0. The third-order valence-electron chi connectivity index (χ3n) is 3.42. The number of anilines is 1. The van der Waals surface area contributed by atoms with Gasteiger partial charge in [-0.25, -0.2) is 4.98 Å². The summed E-state index contributed by atoms with van der Waals surface area (Å²) in [6.45, 7) is 4.98. The number of aryl methyl sites for hydroxylation is 2. The van der Waals surface area contributed by atoms with Gasteiger partial charge in [-0.1, -0.05) is 26.0 Å². The number of rotatable bonds is 5. The molecule has 1 aromatic carbocycles. The van der Waals surface area contributed by atoms with Gasteiger partial charge in [-0.05, 0) is 18.9 Å². The van der Waals surface area contributed by atoms with Crippen molar-refractivity contribution in [1.29, 1.82) is 0 Å². The van der Waals surface area contributed by atoms with E-state index in [1.54, 1.807) is 0 Å². The zero-order valence-corrected chi connectivity index (χ0v) is 12.2. The van der Waals surface area contributed by atoms with Gasteiger partial charge >= 0.3 is 0 Å². The van der Waals surface area contributed by atoms with Gasteiger partial charge in [0.15, 0.2) is 11.5 Å². The topological polar surface area (TPSA) is 69.2 Å². The molecule has 6 heteroatoms. The lowest BCUT2D eigenvalue weighted by atomic mass is 10.2. The summed E-state index contributed by atoms with van der Waals surface area (Å²) < 4.78 is 10.8. The molecule has 2 aromatic rings. The van der Waals surface area contributed by atoms with E-state index in [-0.39, 0.29) is 6.79 Å². The predicted molar refractivity (Wildman–Crippen MR) is 78.5 cm³/mol. The summed E-state index contributed by atoms with van der Waals surface area (Å²) in [4.78, 5) is 4.51. The van der Waals surface area contributed by atoms with Crippen LogP contribution in [0.25, 0.3) is 0 Å². The zero-order valence-electron chi connectivity index (χ0n) is 12.2. The highest BCUT2D eigenvalue weighted by atomic mass is 16.7. The second-order valence-corrected chi connectivity index (χ2v) is 4.74. The molecule has 1 aromatic heterocycles. The molecule has 0 saturated carbocycles. The average molecular weight is 286 g/mol. The molecule has 3 rings (SSSR count). The minimum atomic E-state index is 0.273. The van der Waals surface area contributed by atoms with Crippen molar-refractivity contribution < 1.29 is 9.47 Å². The summed E-state index contributed by atoms with van der Waals surface area (Å²) in [6.07, 6.45) is 1.70. The second kappa shape index (κ2) is 5.95. The first kappa shape index (κ1) is 13.6. The largest absolute Gasteiger partial charge is 0.454 e. The number of hydrogen-bond acceptors (Lipinski definition) is 6. The van der Waals surface area contributed by atoms with E-state index in [9.17, 15) is 0 Å². The van der Waals surface area contributed by atoms with Crippen LogP contribution in [0, 0.1) is 0 Å². The quantitative estimate of drug-likeness (QED) is 0.909. The first-order chi connectivity index (χ1) is 10.3. The normalized spacial score (nSPS) is 12.5. The molecule has 0 atom stereocenters. The highest BCUT2D eigenvalue weighted by Gasteiger charge is 2.17. The molecule has 0 unspecified atom stereocenters. The molecular formula is C15H18N4O2. The number of nitrogens with zero attached hydrogens (tertiary/aromatic N) is 3. The summed E-state index contributed by atoms with van der Waals surface area (Å²) in [6, 6.07) is 5.84. The smallest absolute Gasteiger partial charge is 0.243 e. The van der Waals surface area contributed by atoms with Crippen LogP contribution < -0.4 is 14.8 Å². The van der Waals surface area contributed by atoms with Gasteiger partial charge in [-0.15, -0.1) is 5.10 Å². The Kier molecular flexibility index (Phi) is 3.85. The Labute approximate surface area is 123 Å². The molecule has 0 bridgehead atoms. The van der Waals surface area contributed by atoms with Crippen molar-refractivity contribution in [2.45, 2.75) is 33.2 Å². The molecule has 110 valence electrons. The Hall–Kier alpha value is -2.37. The van der Waals surface area contributed by atoms with Crippen LogP contribution in [-0.2, 0) is 19.4 Å². The molecular weight excluding hydrogens is 268 g/mol. The first-order valence-electron chi connectivity index (χ1n) is 7.15. The van der Waals surface area contributed by atoms with Crippen molar-refractivity contribution >= 4 is 5.95 Å². The second-order valence-electron chi connectivity index (χ2n) is 4.74. The van der Waals surface area contributed by atoms with E-state index in [2.05, 4.69) is 34.3 Å². The summed E-state index contributed by atoms with van der Waals surface area (Å²) in [5.41, 5.74) is 2.97. The van der Waals surface area contributed by atoms with Gasteiger partial charge in [-0.3, -0.25) is 0 Å². The van der Waals surface area contributed by atoms with Gasteiger partial charge in [0.2, 0.25) is 12.7 Å². The molecule has 1 N–H and O–H groups in total. The van der Waals surface area contributed by atoms with E-state index in [1.807, 2.05) is 18.2 Å². The van der Waals surface area contributed by atoms with E-state index in [4.69, 9.17) is 9.47 Å². The molecule has 0 spiro atoms. The SMILES string of the molecule is CCc1nnc(NCc2cccc3c2OCO3)nc1CC. The number of ether oxygens (including phenoxy) is 2. The van der Waals surface area contributed by atoms with Gasteiger partial charge < -0.3 is 14.8 Å². The third kappa shape index (κ3) is 2.74. The standard InChI is InChI=1S/C15H18N4O2/c1-3-11-12(4-2)18-19-15(17-11)16-8-10-6-5-7-13-14(10)21-9-20-13/h5-7H,3-4,8-9H2,1-2H3,(H,16,17,19). The molecule has 0 radical (unpaired) electrons. The minimum absolute atomic E-state index is 0.273. The Bertz CT molecular complexity index is 646. The van der Waals surface area contributed by atoms with Crippen LogP contribution in [0.15, 0.2) is 18.2 Å². The number of benzene rings is 1. The Morgan fingerprint density at radius 1 is 1.10 bits per heavy atom. The Morgan fingerprint density at radius 2 is 1.95 bits per heavy atom. The van der Waals surface area contributed by atoms with E-state index < -0.39 is 0 Å². The van der Waals surface area contributed by atoms with Crippen LogP contribution in [0.4, 0.5) is 5.95 Å². The fourth-order valence-corrected chi connectivity index (χ4v) is 2.32. The van der Waals surface area contributed by atoms with Crippen LogP contribution in [0.2, 0.25) is 0 Å². The Balaban J connectivity index is 1.75. The maximum atomic E-state index is 5.48. The van der Waals surface area contributed by atoms with Crippen LogP contribution >= 0.6 is 0 Å². The highest BCUT2D eigenvalue weighted by Crippen LogP contribution is 2.35. The predicted octanol–water partition coefficient (Wildman–Crippen LogP) is 2.34. The molecule has 6 nitrogen and oxygen atoms in total. The fraction of sp³-hybridized carbons (Fsp3) is 0.400. The summed E-state index contributed by atoms with van der Waals surface area (Å²) in [5, 5.41) is 11.5. The van der Waals surface area contributed by atoms with E-state index in [0.717, 1.165) is 41.3 Å². The van der Waals surface area contributed by atoms with Gasteiger partial charge in [0.05, 0.1) is 11.4 Å². The summed E-state index contributed by atoms with van der Waals surface area (Å²) in [5.74, 6) is 2.11. The fourth-order valence-electron chi connectivity index (χ4n) is 2.32. The van der Waals surface area contributed by atoms with Crippen molar-refractivity contribution in [2.75, 3.05) is 12.1 Å². The number of para-hydroxylation sites is 1. The van der Waals surface area contributed by atoms with Crippen LogP contribution in [0.3, 0.4) is 0 Å². The van der Waals surface area contributed by atoms with Crippen molar-refractivity contribution in [3.05, 3.63) is 35.2 Å². The zero-order chi connectivity index (χ0) is 14.7. The molecule has 0 amide bonds. The average Bonchev–Trinajstić information content (AvgIpc) is 3.01. The highest BCUT2D eigenvalue weighted by molar-refractivity contribution is 5.49. The van der Waals surface area contributed by atoms with E-state index >= 15 is 0 Å². The summed E-state index contributed by atoms with van der Waals surface area (Å²) in [7, 11) is 0. The number of hydrogen-bond donors (Lipinski definition) is 1. The molecule has 2 heterocycles. The first-order valence-corrected chi connectivity index (χ1v) is 7.15. The van der Waals surface area contributed by atoms with Crippen molar-refractivity contribution in [3.8, 4) is 11.5 Å². The Morgan fingerprint density at radius 3 is 2.76 bits per heavy atom. The molecule has 0 saturated heterocycles. The van der Waals surface area contributed by atoms with Crippen LogP contribution in [0.1, 0.15) is 30.8 Å². The molecule has 0 fully saturated rings. The van der Waals surface area contributed by atoms with Gasteiger partial charge in [0.1, 0.15) is 0 Å². The number of fused-ring (bicyclic) bond motifs is 1. The molecule has 1 aliphatic rings. The van der Waals surface area contributed by atoms with Gasteiger partial charge in [-0.2, -0.15) is 5.10 Å². The van der Waals surface area contributed by atoms with E-state index in [1.165, 1.54) is 0 Å². The van der Waals surface area contributed by atoms with Crippen molar-refractivity contribution in [1.82, 2.24) is 15.2 Å². The maximum absolute atomic E-state index is 5.48. The van der Waals surface area contributed by atoms with Crippen LogP contribution in [-0.4, -0.2) is 22.0 Å². The third-order valence-corrected chi connectivity index (χ3v) is 3.42. The number of nitrogens with one attached hydrogen (secondary N) is 1. The van der Waals surface area contributed by atoms with Crippen LogP contribution in [0.5, 0.6) is 11.5 Å². The monoisotopic (exact) mass is 286 g/mol. The molecule has 1 aliphatic heterocycles. The lowest BCUT2D eigenvalue weighted by Crippen LogP contribution is -2.09. The molecule has 0 aliphatic carbocycles. The maximum Gasteiger partial charge on any atom is 0.243 e. The molecule has 21 heavy (non-hydrogen) atoms. The van der Waals surface area contributed by atoms with Crippen molar-refractivity contribution in [3.63, 3.8) is 0 Å². The van der Waals surface area contributed by atoms with Gasteiger partial charge in [0.25, 0.3) is 0 Å². The lowest BCUT2D eigenvalue weighted by Gasteiger charge is -2.09. The minimum Gasteiger partial charge on any atom is -0.454 e. The lowest BCUT2D eigenvalue weighted by molar-refractivity contribution is 0.173. The van der Waals surface area contributed by atoms with Crippen molar-refractivity contribution in [2.24, 2.45) is 0 Å². The van der Waals surface area contributed by atoms with E-state index in [0.29, 0.717) is 12.5 Å². The van der Waals surface area contributed by atoms with Gasteiger partial charge in [0, 0.05) is 12.1 Å². The number of aromatic nitrogens is 3.